The normalized spacial score (nSPS) is 25.2. The number of allylic oxidation sites excluding steroid dienone is 1. The van der Waals surface area contributed by atoms with E-state index in [1.807, 2.05) is 0 Å². The first-order valence-corrected chi connectivity index (χ1v) is 7.35. The molecule has 1 fully saturated rings. The maximum atomic E-state index is 14.5. The van der Waals surface area contributed by atoms with Crippen molar-refractivity contribution in [1.82, 2.24) is 0 Å². The number of carbonyl (C=O) groups excluding carboxylic acids is 1. The van der Waals surface area contributed by atoms with Gasteiger partial charge in [0.15, 0.2) is 5.69 Å². The first kappa shape index (κ1) is 23.4. The largest absolute Gasteiger partial charge is 0.507 e. The summed E-state index contributed by atoms with van der Waals surface area (Å²) in [5, 5.41) is 9.59. The minimum atomic E-state index is -7.44. The number of hydrogen-bond donors (Lipinski definition) is 1. The van der Waals surface area contributed by atoms with Crippen LogP contribution in [0.25, 0.3) is 10.6 Å². The summed E-state index contributed by atoms with van der Waals surface area (Å²) in [6, 6.07) is 3.39. The van der Waals surface area contributed by atoms with Crippen LogP contribution >= 0.6 is 0 Å². The quantitative estimate of drug-likeness (QED) is 0.280. The van der Waals surface area contributed by atoms with Crippen molar-refractivity contribution in [1.29, 1.82) is 0 Å². The second-order valence-corrected chi connectivity index (χ2v) is 6.08. The van der Waals surface area contributed by atoms with E-state index < -0.39 is 58.5 Å². The highest BCUT2D eigenvalue weighted by Crippen LogP contribution is 2.69. The number of halogens is 11. The Bertz CT molecular complexity index is 915. The van der Waals surface area contributed by atoms with E-state index in [-0.39, 0.29) is 5.69 Å². The van der Waals surface area contributed by atoms with Crippen molar-refractivity contribution in [2.75, 3.05) is 0 Å². The lowest BCUT2D eigenvalue weighted by Crippen LogP contribution is -2.85. The molecule has 1 N–H and O–H groups in total. The number of hydrogen-bond acceptors (Lipinski definition) is 2. The summed E-state index contributed by atoms with van der Waals surface area (Å²) < 4.78 is 149. The first-order chi connectivity index (χ1) is 13.3. The van der Waals surface area contributed by atoms with Crippen LogP contribution < -0.4 is 0 Å². The summed E-state index contributed by atoms with van der Waals surface area (Å²) in [6.07, 6.45) is -0.843. The van der Waals surface area contributed by atoms with Crippen LogP contribution in [0.15, 0.2) is 30.3 Å². The van der Waals surface area contributed by atoms with E-state index in [9.17, 15) is 58.2 Å². The molecule has 1 aliphatic carbocycles. The minimum Gasteiger partial charge on any atom is -0.507 e. The molecule has 164 valence electrons. The number of aliphatic hydroxyl groups excluding tert-OH is 1. The third-order valence-electron chi connectivity index (χ3n) is 4.34. The van der Waals surface area contributed by atoms with Crippen LogP contribution in [0.2, 0.25) is 0 Å². The fourth-order valence-electron chi connectivity index (χ4n) is 2.54. The number of alkyl halides is 11. The minimum absolute atomic E-state index is 0.0910. The molecule has 30 heavy (non-hydrogen) atoms. The molecule has 1 aliphatic rings. The van der Waals surface area contributed by atoms with Gasteiger partial charge in [0.25, 0.3) is 0 Å². The number of ketones is 1. The second-order valence-electron chi connectivity index (χ2n) is 6.08. The highest BCUT2D eigenvalue weighted by molar-refractivity contribution is 6.03. The molecule has 0 unspecified atom stereocenters. The van der Waals surface area contributed by atoms with Crippen molar-refractivity contribution in [2.45, 2.75) is 35.3 Å². The summed E-state index contributed by atoms with van der Waals surface area (Å²) in [4.78, 5) is 14.6. The van der Waals surface area contributed by atoms with E-state index in [0.717, 1.165) is 24.3 Å². The predicted octanol–water partition coefficient (Wildman–Crippen LogP) is 5.60. The van der Waals surface area contributed by atoms with Gasteiger partial charge in [0, 0.05) is 11.6 Å². The van der Waals surface area contributed by atoms with Crippen molar-refractivity contribution < 1.29 is 58.2 Å². The lowest BCUT2D eigenvalue weighted by atomic mass is 9.70. The van der Waals surface area contributed by atoms with Gasteiger partial charge in [-0.25, -0.2) is 9.24 Å². The Morgan fingerprint density at radius 1 is 0.767 bits per heavy atom. The molecule has 14 heteroatoms. The summed E-state index contributed by atoms with van der Waals surface area (Å²) in [6.45, 7) is 6.66. The van der Waals surface area contributed by atoms with Crippen molar-refractivity contribution >= 4 is 17.2 Å². The molecule has 0 amide bonds. The van der Waals surface area contributed by atoms with Crippen LogP contribution in [-0.4, -0.2) is 46.2 Å². The average Bonchev–Trinajstić information content (AvgIpc) is 2.65. The molecule has 0 spiro atoms. The van der Waals surface area contributed by atoms with E-state index in [1.165, 1.54) is 0 Å². The molecule has 3 nitrogen and oxygen atoms in total. The number of benzene rings is 1. The maximum absolute atomic E-state index is 14.5. The summed E-state index contributed by atoms with van der Waals surface area (Å²) >= 11 is 0. The molecule has 0 atom stereocenters. The SMILES string of the molecule is [C-]#[N+]c1ccc(/C(O)=C/C(=O)C2(F)C(F)(F)C(F)(F)C(F)(F)C(F)(F)C2(F)F)cc1. The number of aliphatic hydroxyl groups is 1. The third kappa shape index (κ3) is 2.46. The first-order valence-electron chi connectivity index (χ1n) is 7.35. The molecular formula is C16H6F11NO2. The molecule has 2 rings (SSSR count). The van der Waals surface area contributed by atoms with E-state index in [2.05, 4.69) is 4.85 Å². The second kappa shape index (κ2) is 6.32. The Hall–Kier alpha value is -2.85. The number of carbonyl (C=O) groups is 1. The number of nitrogens with zero attached hydrogens (tertiary/aromatic N) is 1. The van der Waals surface area contributed by atoms with Gasteiger partial charge >= 0.3 is 35.3 Å². The average molecular weight is 453 g/mol. The van der Waals surface area contributed by atoms with E-state index in [0.29, 0.717) is 0 Å². The van der Waals surface area contributed by atoms with Gasteiger partial charge < -0.3 is 5.11 Å². The predicted molar refractivity (Wildman–Crippen MR) is 76.9 cm³/mol. The van der Waals surface area contributed by atoms with Gasteiger partial charge in [0.1, 0.15) is 5.76 Å². The molecule has 0 radical (unpaired) electrons. The van der Waals surface area contributed by atoms with Gasteiger partial charge in [-0.2, -0.15) is 43.9 Å². The molecule has 0 aliphatic heterocycles. The molecule has 0 heterocycles. The van der Waals surface area contributed by atoms with Gasteiger partial charge in [-0.1, -0.05) is 24.3 Å². The Labute approximate surface area is 159 Å². The highest BCUT2D eigenvalue weighted by Gasteiger charge is 3.02. The lowest BCUT2D eigenvalue weighted by molar-refractivity contribution is -0.475. The zero-order chi connectivity index (χ0) is 23.6. The Morgan fingerprint density at radius 3 is 1.50 bits per heavy atom. The van der Waals surface area contributed by atoms with Crippen molar-refractivity contribution in [2.24, 2.45) is 0 Å². The highest BCUT2D eigenvalue weighted by atomic mass is 19.4. The fraction of sp³-hybridized carbons (Fsp3) is 0.375. The van der Waals surface area contributed by atoms with Gasteiger partial charge in [-0.15, -0.1) is 0 Å². The Kier molecular flexibility index (Phi) is 4.94. The maximum Gasteiger partial charge on any atom is 0.384 e. The standard InChI is InChI=1S/C16H6F11NO2/c1-28-8-4-2-7(3-5-8)9(29)6-10(30)11(17)12(18,19)14(22,23)16(26,27)15(24,25)13(11,20)21/h2-6,29H/b9-6-. The molecule has 1 aromatic rings. The molecular weight excluding hydrogens is 447 g/mol. The van der Waals surface area contributed by atoms with Crippen molar-refractivity contribution in [3.8, 4) is 0 Å². The summed E-state index contributed by atoms with van der Waals surface area (Å²) in [5.74, 6) is -42.1. The van der Waals surface area contributed by atoms with E-state index in [4.69, 9.17) is 6.57 Å². The Balaban J connectivity index is 2.69. The zero-order valence-corrected chi connectivity index (χ0v) is 13.8. The third-order valence-corrected chi connectivity index (χ3v) is 4.34. The zero-order valence-electron chi connectivity index (χ0n) is 13.8. The van der Waals surface area contributed by atoms with Crippen LogP contribution in [0, 0.1) is 6.57 Å². The van der Waals surface area contributed by atoms with Gasteiger partial charge in [0.2, 0.25) is 5.78 Å². The molecule has 1 aromatic carbocycles. The van der Waals surface area contributed by atoms with Crippen molar-refractivity contribution in [3.05, 3.63) is 47.3 Å². The van der Waals surface area contributed by atoms with Crippen LogP contribution in [0.5, 0.6) is 0 Å². The summed E-state index contributed by atoms with van der Waals surface area (Å²) in [5.41, 5.74) is -7.59. The lowest BCUT2D eigenvalue weighted by Gasteiger charge is -2.51. The topological polar surface area (TPSA) is 41.7 Å². The van der Waals surface area contributed by atoms with Crippen molar-refractivity contribution in [3.63, 3.8) is 0 Å². The van der Waals surface area contributed by atoms with Crippen LogP contribution in [0.4, 0.5) is 54.0 Å². The summed E-state index contributed by atoms with van der Waals surface area (Å²) in [7, 11) is 0. The Morgan fingerprint density at radius 2 is 1.13 bits per heavy atom. The van der Waals surface area contributed by atoms with Gasteiger partial charge in [0.05, 0.1) is 6.57 Å². The monoisotopic (exact) mass is 453 g/mol. The van der Waals surface area contributed by atoms with Crippen LogP contribution in [0.1, 0.15) is 5.56 Å². The molecule has 0 saturated heterocycles. The molecule has 1 saturated carbocycles. The van der Waals surface area contributed by atoms with Gasteiger partial charge in [-0.05, 0) is 0 Å². The van der Waals surface area contributed by atoms with Crippen LogP contribution in [0.3, 0.4) is 0 Å². The number of rotatable bonds is 3. The van der Waals surface area contributed by atoms with E-state index >= 15 is 0 Å². The molecule has 0 aromatic heterocycles. The smallest absolute Gasteiger partial charge is 0.384 e. The van der Waals surface area contributed by atoms with E-state index in [1.54, 1.807) is 0 Å². The van der Waals surface area contributed by atoms with Crippen LogP contribution in [-0.2, 0) is 4.79 Å². The molecule has 0 bridgehead atoms. The fourth-order valence-corrected chi connectivity index (χ4v) is 2.54. The van der Waals surface area contributed by atoms with Gasteiger partial charge in [-0.3, -0.25) is 4.79 Å².